The summed E-state index contributed by atoms with van der Waals surface area (Å²) in [5.74, 6) is 0.168. The highest BCUT2D eigenvalue weighted by Crippen LogP contribution is 2.38. The summed E-state index contributed by atoms with van der Waals surface area (Å²) < 4.78 is 22.7. The minimum Gasteiger partial charge on any atom is -0.485 e. The molecule has 7 nitrogen and oxygen atoms in total. The average molecular weight is 337 g/mol. The van der Waals surface area contributed by atoms with Crippen LogP contribution in [0.25, 0.3) is 0 Å². The van der Waals surface area contributed by atoms with Gasteiger partial charge in [0, 0.05) is 18.6 Å². The first-order valence-corrected chi connectivity index (χ1v) is 7.85. The molecule has 0 N–H and O–H groups in total. The Kier molecular flexibility index (Phi) is 5.22. The molecular weight excluding hydrogens is 313 g/mol. The SMILES string of the molecule is COCCOc1c(B2OC(C)(C)C(C)(C)O2)cc(C)cc1[N+](=O)[O-]. The van der Waals surface area contributed by atoms with E-state index in [1.54, 1.807) is 20.1 Å². The Hall–Kier alpha value is -1.64. The van der Waals surface area contributed by atoms with Gasteiger partial charge in [0.15, 0.2) is 5.75 Å². The molecule has 132 valence electrons. The topological polar surface area (TPSA) is 80.1 Å². The van der Waals surface area contributed by atoms with E-state index < -0.39 is 23.2 Å². The van der Waals surface area contributed by atoms with Gasteiger partial charge in [0.25, 0.3) is 0 Å². The van der Waals surface area contributed by atoms with E-state index in [9.17, 15) is 10.1 Å². The number of methoxy groups -OCH3 is 1. The molecule has 24 heavy (non-hydrogen) atoms. The molecule has 1 aromatic carbocycles. The van der Waals surface area contributed by atoms with Crippen LogP contribution in [0.15, 0.2) is 12.1 Å². The molecule has 1 heterocycles. The fourth-order valence-electron chi connectivity index (χ4n) is 2.45. The third-order valence-electron chi connectivity index (χ3n) is 4.48. The maximum Gasteiger partial charge on any atom is 0.498 e. The van der Waals surface area contributed by atoms with Crippen molar-refractivity contribution in [3.05, 3.63) is 27.8 Å². The van der Waals surface area contributed by atoms with E-state index in [1.165, 1.54) is 6.07 Å². The molecular formula is C16H24BNO6. The largest absolute Gasteiger partial charge is 0.498 e. The highest BCUT2D eigenvalue weighted by atomic mass is 16.7. The molecule has 1 saturated heterocycles. The van der Waals surface area contributed by atoms with Gasteiger partial charge in [-0.3, -0.25) is 10.1 Å². The van der Waals surface area contributed by atoms with Gasteiger partial charge >= 0.3 is 12.8 Å². The Morgan fingerprint density at radius 2 is 1.75 bits per heavy atom. The van der Waals surface area contributed by atoms with E-state index >= 15 is 0 Å². The molecule has 0 unspecified atom stereocenters. The monoisotopic (exact) mass is 337 g/mol. The molecule has 0 atom stereocenters. The lowest BCUT2D eigenvalue weighted by atomic mass is 9.77. The maximum absolute atomic E-state index is 11.4. The van der Waals surface area contributed by atoms with Gasteiger partial charge in [-0.15, -0.1) is 0 Å². The van der Waals surface area contributed by atoms with Crippen molar-refractivity contribution >= 4 is 18.3 Å². The van der Waals surface area contributed by atoms with E-state index in [4.69, 9.17) is 18.8 Å². The van der Waals surface area contributed by atoms with Crippen molar-refractivity contribution in [3.63, 3.8) is 0 Å². The highest BCUT2D eigenvalue weighted by molar-refractivity contribution is 6.63. The second-order valence-corrected chi connectivity index (χ2v) is 6.89. The molecule has 0 bridgehead atoms. The van der Waals surface area contributed by atoms with Gasteiger partial charge in [0.2, 0.25) is 0 Å². The predicted molar refractivity (Wildman–Crippen MR) is 90.9 cm³/mol. The van der Waals surface area contributed by atoms with Gasteiger partial charge in [0.1, 0.15) is 6.61 Å². The Balaban J connectivity index is 2.46. The summed E-state index contributed by atoms with van der Waals surface area (Å²) in [4.78, 5) is 11.0. The first-order chi connectivity index (χ1) is 11.1. The first kappa shape index (κ1) is 18.7. The quantitative estimate of drug-likeness (QED) is 0.343. The van der Waals surface area contributed by atoms with Gasteiger partial charge in [0.05, 0.1) is 22.7 Å². The Morgan fingerprint density at radius 1 is 1.17 bits per heavy atom. The second-order valence-electron chi connectivity index (χ2n) is 6.89. The van der Waals surface area contributed by atoms with Gasteiger partial charge < -0.3 is 18.8 Å². The summed E-state index contributed by atoms with van der Waals surface area (Å²) in [5.41, 5.74) is 0.0813. The van der Waals surface area contributed by atoms with Crippen molar-refractivity contribution in [1.82, 2.24) is 0 Å². The van der Waals surface area contributed by atoms with Crippen LogP contribution in [0.1, 0.15) is 33.3 Å². The first-order valence-electron chi connectivity index (χ1n) is 7.85. The molecule has 0 aliphatic carbocycles. The van der Waals surface area contributed by atoms with Crippen LogP contribution in [-0.4, -0.2) is 43.6 Å². The number of ether oxygens (including phenoxy) is 2. The minimum atomic E-state index is -0.730. The van der Waals surface area contributed by atoms with Crippen LogP contribution >= 0.6 is 0 Å². The minimum absolute atomic E-state index is 0.101. The van der Waals surface area contributed by atoms with Crippen LogP contribution in [0.3, 0.4) is 0 Å². The molecule has 1 aromatic rings. The molecule has 1 aliphatic rings. The molecule has 1 aliphatic heterocycles. The summed E-state index contributed by atoms with van der Waals surface area (Å²) >= 11 is 0. The second kappa shape index (κ2) is 6.70. The van der Waals surface area contributed by atoms with E-state index in [0.717, 1.165) is 5.56 Å². The van der Waals surface area contributed by atoms with Gasteiger partial charge in [-0.2, -0.15) is 0 Å². The Bertz CT molecular complexity index is 615. The van der Waals surface area contributed by atoms with Gasteiger partial charge in [-0.05, 0) is 40.2 Å². The lowest BCUT2D eigenvalue weighted by Crippen LogP contribution is -2.41. The smallest absolute Gasteiger partial charge is 0.485 e. The summed E-state index contributed by atoms with van der Waals surface area (Å²) in [6.45, 7) is 10.1. The normalized spacial score (nSPS) is 18.7. The van der Waals surface area contributed by atoms with Gasteiger partial charge in [-0.1, -0.05) is 6.07 Å². The van der Waals surface area contributed by atoms with E-state index in [1.807, 2.05) is 27.7 Å². The number of nitrogens with zero attached hydrogens (tertiary/aromatic N) is 1. The van der Waals surface area contributed by atoms with Crippen molar-refractivity contribution in [2.24, 2.45) is 0 Å². The van der Waals surface area contributed by atoms with Crippen LogP contribution in [-0.2, 0) is 14.0 Å². The number of rotatable bonds is 6. The molecule has 2 rings (SSSR count). The number of hydrogen-bond donors (Lipinski definition) is 0. The molecule has 0 amide bonds. The van der Waals surface area contributed by atoms with E-state index in [2.05, 4.69) is 0 Å². The Labute approximate surface area is 142 Å². The van der Waals surface area contributed by atoms with Crippen LogP contribution < -0.4 is 10.2 Å². The van der Waals surface area contributed by atoms with Crippen LogP contribution in [0.5, 0.6) is 5.75 Å². The summed E-state index contributed by atoms with van der Waals surface area (Å²) in [6, 6.07) is 3.29. The zero-order chi connectivity index (χ0) is 18.1. The third-order valence-corrected chi connectivity index (χ3v) is 4.48. The summed E-state index contributed by atoms with van der Waals surface area (Å²) in [7, 11) is 0.813. The van der Waals surface area contributed by atoms with E-state index in [-0.39, 0.29) is 18.0 Å². The molecule has 8 heteroatoms. The van der Waals surface area contributed by atoms with Crippen molar-refractivity contribution in [2.75, 3.05) is 20.3 Å². The maximum atomic E-state index is 11.4. The highest BCUT2D eigenvalue weighted by Gasteiger charge is 2.53. The fourth-order valence-corrected chi connectivity index (χ4v) is 2.45. The zero-order valence-electron chi connectivity index (χ0n) is 15.0. The molecule has 0 saturated carbocycles. The van der Waals surface area contributed by atoms with Crippen molar-refractivity contribution in [2.45, 2.75) is 45.8 Å². The van der Waals surface area contributed by atoms with Crippen LogP contribution in [0.2, 0.25) is 0 Å². The fraction of sp³-hybridized carbons (Fsp3) is 0.625. The van der Waals surface area contributed by atoms with Crippen molar-refractivity contribution in [1.29, 1.82) is 0 Å². The predicted octanol–water partition coefficient (Wildman–Crippen LogP) is 2.23. The number of aryl methyl sites for hydroxylation is 1. The third kappa shape index (κ3) is 3.55. The Morgan fingerprint density at radius 3 is 2.25 bits per heavy atom. The van der Waals surface area contributed by atoms with Crippen molar-refractivity contribution < 1.29 is 23.7 Å². The lowest BCUT2D eigenvalue weighted by Gasteiger charge is -2.32. The zero-order valence-corrected chi connectivity index (χ0v) is 15.0. The van der Waals surface area contributed by atoms with Crippen LogP contribution in [0.4, 0.5) is 5.69 Å². The number of nitro benzene ring substituents is 1. The summed E-state index contributed by atoms with van der Waals surface area (Å²) in [6.07, 6.45) is 0. The lowest BCUT2D eigenvalue weighted by molar-refractivity contribution is -0.385. The standard InChI is InChI=1S/C16H24BNO6/c1-11-9-12(17-23-15(2,3)16(4,5)24-17)14(22-8-7-21-6)13(10-11)18(19)20/h9-10H,7-8H2,1-6H3. The molecule has 0 radical (unpaired) electrons. The number of nitro groups is 1. The van der Waals surface area contributed by atoms with Gasteiger partial charge in [-0.25, -0.2) is 0 Å². The number of hydrogen-bond acceptors (Lipinski definition) is 6. The molecule has 0 spiro atoms. The average Bonchev–Trinajstić information content (AvgIpc) is 2.68. The molecule has 0 aromatic heterocycles. The van der Waals surface area contributed by atoms with Crippen molar-refractivity contribution in [3.8, 4) is 5.75 Å². The summed E-state index contributed by atoms with van der Waals surface area (Å²) in [5, 5.41) is 11.4. The van der Waals surface area contributed by atoms with E-state index in [0.29, 0.717) is 12.1 Å². The molecule has 1 fully saturated rings. The number of benzene rings is 1. The van der Waals surface area contributed by atoms with Crippen LogP contribution in [0, 0.1) is 17.0 Å².